The van der Waals surface area contributed by atoms with Gasteiger partial charge >= 0.3 is 0 Å². The van der Waals surface area contributed by atoms with E-state index in [-0.39, 0.29) is 12.5 Å². The first kappa shape index (κ1) is 24.9. The molecule has 0 spiro atoms. The molecule has 9 nitrogen and oxygen atoms in total. The summed E-state index contributed by atoms with van der Waals surface area (Å²) in [4.78, 5) is 26.4. The summed E-state index contributed by atoms with van der Waals surface area (Å²) in [7, 11) is 0. The number of carbonyl (C=O) groups excluding carboxylic acids is 1. The molecule has 0 aliphatic carbocycles. The molecule has 2 heterocycles. The van der Waals surface area contributed by atoms with Crippen molar-refractivity contribution >= 4 is 11.7 Å². The van der Waals surface area contributed by atoms with Crippen molar-refractivity contribution < 1.29 is 24.7 Å². The van der Waals surface area contributed by atoms with E-state index in [0.717, 1.165) is 30.0 Å². The van der Waals surface area contributed by atoms with Gasteiger partial charge in [-0.3, -0.25) is 14.8 Å². The van der Waals surface area contributed by atoms with E-state index in [0.29, 0.717) is 39.2 Å². The van der Waals surface area contributed by atoms with Crippen LogP contribution in [-0.4, -0.2) is 71.6 Å². The standard InChI is InChI=1S/C24H34N4O5/c1-2-32-20-11-9-19(10-12-20)6-5-7-21(22(29)18-33-26-31)24(30)28-16-14-27(15-17-28)23-8-3-4-13-25-23/h3-4,8-13,21-22,26,29,31H,2,5-7,14-18H2,1H3/t21-,22-/m1/s1. The van der Waals surface area contributed by atoms with E-state index in [4.69, 9.17) is 14.8 Å². The number of piperazine rings is 1. The molecule has 3 rings (SSSR count). The molecule has 1 fully saturated rings. The van der Waals surface area contributed by atoms with E-state index in [1.54, 1.807) is 16.7 Å². The van der Waals surface area contributed by atoms with Crippen LogP contribution in [0.15, 0.2) is 48.7 Å². The van der Waals surface area contributed by atoms with Gasteiger partial charge in [0.1, 0.15) is 11.6 Å². The van der Waals surface area contributed by atoms with Gasteiger partial charge in [0.2, 0.25) is 5.91 Å². The fourth-order valence-electron chi connectivity index (χ4n) is 4.10. The molecular weight excluding hydrogens is 424 g/mol. The Kier molecular flexibility index (Phi) is 9.89. The highest BCUT2D eigenvalue weighted by Crippen LogP contribution is 2.21. The summed E-state index contributed by atoms with van der Waals surface area (Å²) >= 11 is 0. The highest BCUT2D eigenvalue weighted by Gasteiger charge is 2.32. The summed E-state index contributed by atoms with van der Waals surface area (Å²) in [6.45, 7) is 4.91. The van der Waals surface area contributed by atoms with Gasteiger partial charge in [0.05, 0.1) is 25.2 Å². The van der Waals surface area contributed by atoms with Crippen molar-refractivity contribution in [2.45, 2.75) is 32.3 Å². The normalized spacial score (nSPS) is 15.8. The molecule has 1 saturated heterocycles. The molecule has 2 atom stereocenters. The molecule has 180 valence electrons. The van der Waals surface area contributed by atoms with E-state index in [9.17, 15) is 9.90 Å². The van der Waals surface area contributed by atoms with Gasteiger partial charge < -0.3 is 19.6 Å². The number of pyridine rings is 1. The smallest absolute Gasteiger partial charge is 0.228 e. The summed E-state index contributed by atoms with van der Waals surface area (Å²) in [5, 5.41) is 19.3. The van der Waals surface area contributed by atoms with Crippen molar-refractivity contribution in [2.24, 2.45) is 5.92 Å². The third-order valence-corrected chi connectivity index (χ3v) is 5.88. The van der Waals surface area contributed by atoms with Crippen LogP contribution in [0.25, 0.3) is 0 Å². The second-order valence-electron chi connectivity index (χ2n) is 8.05. The Morgan fingerprint density at radius 2 is 1.91 bits per heavy atom. The number of anilines is 1. The lowest BCUT2D eigenvalue weighted by molar-refractivity contribution is -0.162. The summed E-state index contributed by atoms with van der Waals surface area (Å²) in [5.74, 6) is 1.04. The minimum Gasteiger partial charge on any atom is -0.494 e. The molecule has 0 bridgehead atoms. The minimum absolute atomic E-state index is 0.0867. The number of hydrogen-bond acceptors (Lipinski definition) is 8. The van der Waals surface area contributed by atoms with Crippen LogP contribution in [0, 0.1) is 5.92 Å². The number of hydrogen-bond donors (Lipinski definition) is 3. The number of nitrogens with zero attached hydrogens (tertiary/aromatic N) is 3. The van der Waals surface area contributed by atoms with E-state index in [2.05, 4.69) is 9.88 Å². The van der Waals surface area contributed by atoms with E-state index >= 15 is 0 Å². The number of aliphatic hydroxyl groups excluding tert-OH is 1. The van der Waals surface area contributed by atoms with Crippen LogP contribution < -0.4 is 15.3 Å². The number of aryl methyl sites for hydroxylation is 1. The zero-order valence-corrected chi connectivity index (χ0v) is 19.1. The molecule has 9 heteroatoms. The lowest BCUT2D eigenvalue weighted by atomic mass is 9.93. The van der Waals surface area contributed by atoms with Gasteiger partial charge in [-0.2, -0.15) is 0 Å². The number of rotatable bonds is 12. The fraction of sp³-hybridized carbons (Fsp3) is 0.500. The predicted octanol–water partition coefficient (Wildman–Crippen LogP) is 2.04. The second kappa shape index (κ2) is 13.1. The summed E-state index contributed by atoms with van der Waals surface area (Å²) in [6.07, 6.45) is 2.78. The minimum atomic E-state index is -1.02. The van der Waals surface area contributed by atoms with Crippen molar-refractivity contribution in [1.82, 2.24) is 15.5 Å². The summed E-state index contributed by atoms with van der Waals surface area (Å²) < 4.78 is 5.48. The Bertz CT molecular complexity index is 829. The van der Waals surface area contributed by atoms with Crippen LogP contribution in [0.5, 0.6) is 5.75 Å². The second-order valence-corrected chi connectivity index (χ2v) is 8.05. The third kappa shape index (κ3) is 7.40. The molecule has 1 amide bonds. The van der Waals surface area contributed by atoms with E-state index in [1.807, 2.05) is 49.4 Å². The van der Waals surface area contributed by atoms with Gasteiger partial charge in [0.25, 0.3) is 0 Å². The van der Waals surface area contributed by atoms with Gasteiger partial charge in [-0.1, -0.05) is 23.8 Å². The molecule has 0 saturated carbocycles. The van der Waals surface area contributed by atoms with E-state index < -0.39 is 12.0 Å². The van der Waals surface area contributed by atoms with Crippen LogP contribution in [0.1, 0.15) is 25.3 Å². The van der Waals surface area contributed by atoms with Crippen LogP contribution >= 0.6 is 0 Å². The molecule has 0 radical (unpaired) electrons. The maximum Gasteiger partial charge on any atom is 0.228 e. The number of aliphatic hydroxyl groups is 1. The topological polar surface area (TPSA) is 107 Å². The highest BCUT2D eigenvalue weighted by molar-refractivity contribution is 5.79. The van der Waals surface area contributed by atoms with Crippen molar-refractivity contribution in [2.75, 3.05) is 44.3 Å². The largest absolute Gasteiger partial charge is 0.494 e. The van der Waals surface area contributed by atoms with Crippen molar-refractivity contribution in [1.29, 1.82) is 0 Å². The molecule has 1 aromatic heterocycles. The van der Waals surface area contributed by atoms with Gasteiger partial charge in [0.15, 0.2) is 0 Å². The average molecular weight is 459 g/mol. The molecule has 0 unspecified atom stereocenters. The van der Waals surface area contributed by atoms with E-state index in [1.165, 1.54) is 0 Å². The Hall–Kier alpha value is -2.72. The first-order chi connectivity index (χ1) is 16.1. The summed E-state index contributed by atoms with van der Waals surface area (Å²) in [5.41, 5.74) is 2.73. The summed E-state index contributed by atoms with van der Waals surface area (Å²) in [6, 6.07) is 13.7. The number of nitrogens with one attached hydrogen (secondary N) is 1. The van der Waals surface area contributed by atoms with Crippen LogP contribution in [0.4, 0.5) is 5.82 Å². The SMILES string of the molecule is CCOc1ccc(CCC[C@@H](C(=O)N2CCN(c3ccccn3)CC2)[C@H](O)CONO)cc1. The van der Waals surface area contributed by atoms with Gasteiger partial charge in [-0.05, 0) is 56.0 Å². The van der Waals surface area contributed by atoms with Crippen LogP contribution in [-0.2, 0) is 16.1 Å². The number of ether oxygens (including phenoxy) is 1. The Balaban J connectivity index is 1.55. The van der Waals surface area contributed by atoms with Crippen molar-refractivity contribution in [3.8, 4) is 5.75 Å². The molecule has 1 aliphatic rings. The van der Waals surface area contributed by atoms with Crippen LogP contribution in [0.2, 0.25) is 0 Å². The third-order valence-electron chi connectivity index (χ3n) is 5.88. The Morgan fingerprint density at radius 1 is 1.15 bits per heavy atom. The molecule has 2 aromatic rings. The van der Waals surface area contributed by atoms with Crippen molar-refractivity contribution in [3.05, 3.63) is 54.2 Å². The first-order valence-corrected chi connectivity index (χ1v) is 11.5. The monoisotopic (exact) mass is 458 g/mol. The predicted molar refractivity (Wildman–Crippen MR) is 124 cm³/mol. The van der Waals surface area contributed by atoms with Gasteiger partial charge in [-0.25, -0.2) is 4.98 Å². The number of aromatic nitrogens is 1. The fourth-order valence-corrected chi connectivity index (χ4v) is 4.10. The quantitative estimate of drug-likeness (QED) is 0.415. The van der Waals surface area contributed by atoms with Gasteiger partial charge in [0, 0.05) is 32.4 Å². The molecule has 3 N–H and O–H groups in total. The average Bonchev–Trinajstić information content (AvgIpc) is 2.86. The zero-order chi connectivity index (χ0) is 23.5. The van der Waals surface area contributed by atoms with Gasteiger partial charge in [-0.15, -0.1) is 0 Å². The maximum absolute atomic E-state index is 13.3. The number of carbonyl (C=O) groups is 1. The number of benzene rings is 1. The molecule has 1 aromatic carbocycles. The zero-order valence-electron chi connectivity index (χ0n) is 19.1. The Morgan fingerprint density at radius 3 is 2.55 bits per heavy atom. The van der Waals surface area contributed by atoms with Crippen LogP contribution in [0.3, 0.4) is 0 Å². The molecule has 1 aliphatic heterocycles. The lowest BCUT2D eigenvalue weighted by Gasteiger charge is -2.37. The molecular formula is C24H34N4O5. The Labute approximate surface area is 194 Å². The number of amides is 1. The maximum atomic E-state index is 13.3. The first-order valence-electron chi connectivity index (χ1n) is 11.5. The lowest BCUT2D eigenvalue weighted by Crippen LogP contribution is -2.52. The highest BCUT2D eigenvalue weighted by atomic mass is 16.8. The van der Waals surface area contributed by atoms with Crippen molar-refractivity contribution in [3.63, 3.8) is 0 Å². The molecule has 33 heavy (non-hydrogen) atoms.